The number of benzene rings is 2. The molecule has 114 valence electrons. The Kier molecular flexibility index (Phi) is 4.88. The summed E-state index contributed by atoms with van der Waals surface area (Å²) >= 11 is 0. The predicted octanol–water partition coefficient (Wildman–Crippen LogP) is 5.03. The van der Waals surface area contributed by atoms with E-state index in [1.165, 1.54) is 5.56 Å². The van der Waals surface area contributed by atoms with Gasteiger partial charge in [0.05, 0.1) is 12.6 Å². The highest BCUT2D eigenvalue weighted by Gasteiger charge is 2.05. The lowest BCUT2D eigenvalue weighted by atomic mass is 10.1. The number of rotatable bonds is 3. The SMILES string of the molecule is COc1ccc(Nc2cc(C)nc3ccc(C)cc23)cc1.Cl. The normalized spacial score (nSPS) is 10.1. The summed E-state index contributed by atoms with van der Waals surface area (Å²) in [5.74, 6) is 0.854. The molecule has 3 rings (SSSR count). The number of anilines is 2. The van der Waals surface area contributed by atoms with Gasteiger partial charge in [0, 0.05) is 22.5 Å². The summed E-state index contributed by atoms with van der Waals surface area (Å²) in [5.41, 5.74) is 5.35. The molecule has 0 fully saturated rings. The molecule has 0 amide bonds. The lowest BCUT2D eigenvalue weighted by molar-refractivity contribution is 0.415. The number of hydrogen-bond donors (Lipinski definition) is 1. The molecule has 3 nitrogen and oxygen atoms in total. The zero-order valence-corrected chi connectivity index (χ0v) is 13.7. The van der Waals surface area contributed by atoms with E-state index in [4.69, 9.17) is 4.74 Å². The fraction of sp³-hybridized carbons (Fsp3) is 0.167. The van der Waals surface area contributed by atoms with Crippen LogP contribution in [0.4, 0.5) is 11.4 Å². The summed E-state index contributed by atoms with van der Waals surface area (Å²) in [7, 11) is 1.67. The minimum absolute atomic E-state index is 0. The highest BCUT2D eigenvalue weighted by Crippen LogP contribution is 2.28. The Morgan fingerprint density at radius 1 is 0.955 bits per heavy atom. The lowest BCUT2D eigenvalue weighted by Gasteiger charge is -2.12. The van der Waals surface area contributed by atoms with Crippen molar-refractivity contribution in [3.8, 4) is 5.75 Å². The maximum absolute atomic E-state index is 5.19. The number of hydrogen-bond acceptors (Lipinski definition) is 3. The van der Waals surface area contributed by atoms with E-state index in [2.05, 4.69) is 41.5 Å². The molecule has 2 aromatic carbocycles. The van der Waals surface area contributed by atoms with Crippen molar-refractivity contribution in [2.24, 2.45) is 0 Å². The van der Waals surface area contributed by atoms with Gasteiger partial charge in [-0.2, -0.15) is 0 Å². The molecule has 3 aromatic rings. The Hall–Kier alpha value is -2.26. The zero-order chi connectivity index (χ0) is 14.8. The van der Waals surface area contributed by atoms with E-state index >= 15 is 0 Å². The van der Waals surface area contributed by atoms with E-state index < -0.39 is 0 Å². The van der Waals surface area contributed by atoms with Gasteiger partial charge in [0.25, 0.3) is 0 Å². The Bertz CT molecular complexity index is 785. The number of halogens is 1. The fourth-order valence-corrected chi connectivity index (χ4v) is 2.41. The van der Waals surface area contributed by atoms with Crippen molar-refractivity contribution in [2.45, 2.75) is 13.8 Å². The predicted molar refractivity (Wildman–Crippen MR) is 94.7 cm³/mol. The number of pyridine rings is 1. The summed E-state index contributed by atoms with van der Waals surface area (Å²) in [5, 5.41) is 4.61. The number of methoxy groups -OCH3 is 1. The summed E-state index contributed by atoms with van der Waals surface area (Å²) < 4.78 is 5.19. The first-order chi connectivity index (χ1) is 10.2. The number of aromatic nitrogens is 1. The van der Waals surface area contributed by atoms with E-state index in [9.17, 15) is 0 Å². The van der Waals surface area contributed by atoms with E-state index in [0.717, 1.165) is 33.7 Å². The quantitative estimate of drug-likeness (QED) is 0.736. The molecule has 0 radical (unpaired) electrons. The van der Waals surface area contributed by atoms with Gasteiger partial charge in [-0.3, -0.25) is 4.98 Å². The standard InChI is InChI=1S/C18H18N2O.ClH/c1-12-4-9-17-16(10-12)18(11-13(2)19-17)20-14-5-7-15(21-3)8-6-14;/h4-11H,1-3H3,(H,19,20);1H. The first-order valence-corrected chi connectivity index (χ1v) is 6.95. The van der Waals surface area contributed by atoms with Gasteiger partial charge in [-0.15, -0.1) is 12.4 Å². The van der Waals surface area contributed by atoms with Gasteiger partial charge in [-0.25, -0.2) is 0 Å². The Morgan fingerprint density at radius 2 is 1.68 bits per heavy atom. The van der Waals surface area contributed by atoms with Crippen LogP contribution in [-0.2, 0) is 0 Å². The first-order valence-electron chi connectivity index (χ1n) is 6.95. The summed E-state index contributed by atoms with van der Waals surface area (Å²) in [4.78, 5) is 4.59. The second-order valence-electron chi connectivity index (χ2n) is 5.19. The molecular weight excluding hydrogens is 296 g/mol. The number of fused-ring (bicyclic) bond motifs is 1. The molecule has 0 unspecified atom stereocenters. The molecule has 0 aliphatic heterocycles. The molecule has 0 saturated carbocycles. The van der Waals surface area contributed by atoms with Crippen molar-refractivity contribution in [1.29, 1.82) is 0 Å². The number of ether oxygens (including phenoxy) is 1. The molecule has 22 heavy (non-hydrogen) atoms. The molecular formula is C18H19ClN2O. The smallest absolute Gasteiger partial charge is 0.119 e. The highest BCUT2D eigenvalue weighted by molar-refractivity contribution is 5.93. The fourth-order valence-electron chi connectivity index (χ4n) is 2.41. The Morgan fingerprint density at radius 3 is 2.36 bits per heavy atom. The van der Waals surface area contributed by atoms with Crippen LogP contribution in [0, 0.1) is 13.8 Å². The van der Waals surface area contributed by atoms with Crippen molar-refractivity contribution in [3.63, 3.8) is 0 Å². The second kappa shape index (κ2) is 6.67. The lowest BCUT2D eigenvalue weighted by Crippen LogP contribution is -1.95. The monoisotopic (exact) mass is 314 g/mol. The van der Waals surface area contributed by atoms with Gasteiger partial charge in [-0.1, -0.05) is 11.6 Å². The molecule has 0 atom stereocenters. The molecule has 0 aliphatic carbocycles. The number of nitrogens with zero attached hydrogens (tertiary/aromatic N) is 1. The maximum Gasteiger partial charge on any atom is 0.119 e. The van der Waals surface area contributed by atoms with E-state index in [0.29, 0.717) is 0 Å². The molecule has 0 bridgehead atoms. The summed E-state index contributed by atoms with van der Waals surface area (Å²) in [6, 6.07) is 16.3. The molecule has 0 saturated heterocycles. The Balaban J connectivity index is 0.00000176. The van der Waals surface area contributed by atoms with Crippen LogP contribution in [0.5, 0.6) is 5.75 Å². The van der Waals surface area contributed by atoms with Crippen LogP contribution in [0.2, 0.25) is 0 Å². The third kappa shape index (κ3) is 3.31. The minimum Gasteiger partial charge on any atom is -0.497 e. The molecule has 4 heteroatoms. The van der Waals surface area contributed by atoms with Gasteiger partial charge in [0.15, 0.2) is 0 Å². The highest BCUT2D eigenvalue weighted by atomic mass is 35.5. The van der Waals surface area contributed by atoms with Crippen LogP contribution in [-0.4, -0.2) is 12.1 Å². The average Bonchev–Trinajstić information content (AvgIpc) is 2.49. The van der Waals surface area contributed by atoms with Crippen LogP contribution in [0.25, 0.3) is 10.9 Å². The summed E-state index contributed by atoms with van der Waals surface area (Å²) in [6.45, 7) is 4.11. The van der Waals surface area contributed by atoms with Crippen molar-refractivity contribution in [3.05, 3.63) is 59.8 Å². The van der Waals surface area contributed by atoms with Gasteiger partial charge in [0.2, 0.25) is 0 Å². The van der Waals surface area contributed by atoms with Gasteiger partial charge in [-0.05, 0) is 56.3 Å². The maximum atomic E-state index is 5.19. The van der Waals surface area contributed by atoms with Gasteiger partial charge < -0.3 is 10.1 Å². The van der Waals surface area contributed by atoms with Crippen molar-refractivity contribution in [1.82, 2.24) is 4.98 Å². The van der Waals surface area contributed by atoms with Crippen molar-refractivity contribution < 1.29 is 4.74 Å². The van der Waals surface area contributed by atoms with Gasteiger partial charge in [0.1, 0.15) is 5.75 Å². The molecule has 1 heterocycles. The van der Waals surface area contributed by atoms with Crippen LogP contribution < -0.4 is 10.1 Å². The average molecular weight is 315 g/mol. The Labute approximate surface area is 136 Å². The van der Waals surface area contributed by atoms with Crippen LogP contribution >= 0.6 is 12.4 Å². The van der Waals surface area contributed by atoms with E-state index in [1.54, 1.807) is 7.11 Å². The second-order valence-corrected chi connectivity index (χ2v) is 5.19. The van der Waals surface area contributed by atoms with Crippen LogP contribution in [0.15, 0.2) is 48.5 Å². The van der Waals surface area contributed by atoms with Crippen LogP contribution in [0.1, 0.15) is 11.3 Å². The van der Waals surface area contributed by atoms with E-state index in [-0.39, 0.29) is 12.4 Å². The molecule has 0 spiro atoms. The minimum atomic E-state index is 0. The van der Waals surface area contributed by atoms with Crippen molar-refractivity contribution in [2.75, 3.05) is 12.4 Å². The van der Waals surface area contributed by atoms with Crippen molar-refractivity contribution >= 4 is 34.7 Å². The van der Waals surface area contributed by atoms with Gasteiger partial charge >= 0.3 is 0 Å². The number of aryl methyl sites for hydroxylation is 2. The summed E-state index contributed by atoms with van der Waals surface area (Å²) in [6.07, 6.45) is 0. The van der Waals surface area contributed by atoms with E-state index in [1.807, 2.05) is 31.2 Å². The largest absolute Gasteiger partial charge is 0.497 e. The first kappa shape index (κ1) is 16.1. The third-order valence-electron chi connectivity index (χ3n) is 3.46. The molecule has 1 aromatic heterocycles. The van der Waals surface area contributed by atoms with Crippen LogP contribution in [0.3, 0.4) is 0 Å². The number of nitrogens with one attached hydrogen (secondary N) is 1. The third-order valence-corrected chi connectivity index (χ3v) is 3.46. The topological polar surface area (TPSA) is 34.1 Å². The molecule has 1 N–H and O–H groups in total. The zero-order valence-electron chi connectivity index (χ0n) is 12.9. The molecule has 0 aliphatic rings.